The topological polar surface area (TPSA) is 55.6 Å². The van der Waals surface area contributed by atoms with Gasteiger partial charge in [-0.1, -0.05) is 18.2 Å². The van der Waals surface area contributed by atoms with Gasteiger partial charge in [-0.2, -0.15) is 0 Å². The Morgan fingerprint density at radius 3 is 2.58 bits per heavy atom. The van der Waals surface area contributed by atoms with E-state index in [1.165, 1.54) is 6.07 Å². The van der Waals surface area contributed by atoms with Crippen molar-refractivity contribution in [3.05, 3.63) is 70.8 Å². The Morgan fingerprint density at radius 2 is 1.92 bits per heavy atom. The number of carbonyl (C=O) groups is 1. The number of benzene rings is 2. The van der Waals surface area contributed by atoms with E-state index >= 15 is 0 Å². The molecule has 2 aromatic carbocycles. The molecule has 1 saturated heterocycles. The average Bonchev–Trinajstić information content (AvgIpc) is 2.63. The van der Waals surface area contributed by atoms with E-state index in [1.54, 1.807) is 17.0 Å². The monoisotopic (exact) mass is 332 g/mol. The van der Waals surface area contributed by atoms with Gasteiger partial charge in [-0.05, 0) is 35.4 Å². The summed E-state index contributed by atoms with van der Waals surface area (Å²) < 4.78 is 32.1. The zero-order valence-corrected chi connectivity index (χ0v) is 13.0. The van der Waals surface area contributed by atoms with E-state index in [4.69, 9.17) is 10.5 Å². The van der Waals surface area contributed by atoms with Gasteiger partial charge in [0.15, 0.2) is 11.6 Å². The highest BCUT2D eigenvalue weighted by molar-refractivity contribution is 5.94. The summed E-state index contributed by atoms with van der Waals surface area (Å²) in [6, 6.07) is 10.8. The van der Waals surface area contributed by atoms with E-state index < -0.39 is 17.7 Å². The highest BCUT2D eigenvalue weighted by Gasteiger charge is 2.26. The fraction of sp³-hybridized carbons (Fsp3) is 0.278. The van der Waals surface area contributed by atoms with Crippen LogP contribution in [0.2, 0.25) is 0 Å². The second-order valence-electron chi connectivity index (χ2n) is 5.69. The van der Waals surface area contributed by atoms with Crippen LogP contribution in [-0.2, 0) is 11.3 Å². The zero-order valence-electron chi connectivity index (χ0n) is 13.0. The van der Waals surface area contributed by atoms with Crippen LogP contribution in [0.25, 0.3) is 0 Å². The van der Waals surface area contributed by atoms with Gasteiger partial charge in [0, 0.05) is 18.7 Å². The molecule has 0 aliphatic carbocycles. The molecule has 1 fully saturated rings. The van der Waals surface area contributed by atoms with Gasteiger partial charge in [0.05, 0.1) is 13.2 Å². The summed E-state index contributed by atoms with van der Waals surface area (Å²) in [4.78, 5) is 14.3. The Kier molecular flexibility index (Phi) is 4.87. The first-order valence-corrected chi connectivity index (χ1v) is 7.73. The molecule has 1 atom stereocenters. The van der Waals surface area contributed by atoms with Gasteiger partial charge in [0.2, 0.25) is 0 Å². The summed E-state index contributed by atoms with van der Waals surface area (Å²) >= 11 is 0. The van der Waals surface area contributed by atoms with Gasteiger partial charge in [0.25, 0.3) is 5.91 Å². The van der Waals surface area contributed by atoms with Gasteiger partial charge < -0.3 is 15.4 Å². The summed E-state index contributed by atoms with van der Waals surface area (Å²) in [5.74, 6) is -1.94. The first kappa shape index (κ1) is 16.5. The lowest BCUT2D eigenvalue weighted by Gasteiger charge is -2.33. The van der Waals surface area contributed by atoms with E-state index in [0.717, 1.165) is 17.7 Å². The molecule has 0 unspecified atom stereocenters. The molecule has 4 nitrogen and oxygen atoms in total. The van der Waals surface area contributed by atoms with E-state index in [0.29, 0.717) is 37.4 Å². The maximum Gasteiger partial charge on any atom is 0.254 e. The molecule has 0 radical (unpaired) electrons. The molecular formula is C18H18F2N2O2. The summed E-state index contributed by atoms with van der Waals surface area (Å²) in [6.45, 7) is 1.51. The second-order valence-corrected chi connectivity index (χ2v) is 5.69. The fourth-order valence-electron chi connectivity index (χ4n) is 2.71. The number of amides is 1. The van der Waals surface area contributed by atoms with Crippen molar-refractivity contribution in [1.29, 1.82) is 0 Å². The lowest BCUT2D eigenvalue weighted by molar-refractivity contribution is -0.0229. The highest BCUT2D eigenvalue weighted by Crippen LogP contribution is 2.24. The predicted molar refractivity (Wildman–Crippen MR) is 85.3 cm³/mol. The third-order valence-corrected chi connectivity index (χ3v) is 4.11. The van der Waals surface area contributed by atoms with Crippen LogP contribution in [0.15, 0.2) is 42.5 Å². The molecule has 1 aliphatic heterocycles. The zero-order chi connectivity index (χ0) is 17.1. The van der Waals surface area contributed by atoms with Gasteiger partial charge in [0.1, 0.15) is 6.10 Å². The van der Waals surface area contributed by atoms with Crippen molar-refractivity contribution < 1.29 is 18.3 Å². The first-order chi connectivity index (χ1) is 11.6. The number of halogens is 2. The molecule has 126 valence electrons. The predicted octanol–water partition coefficient (Wildman–Crippen LogP) is 2.64. The van der Waals surface area contributed by atoms with E-state index in [-0.39, 0.29) is 5.91 Å². The number of hydrogen-bond acceptors (Lipinski definition) is 3. The molecule has 6 heteroatoms. The van der Waals surface area contributed by atoms with Crippen molar-refractivity contribution in [3.63, 3.8) is 0 Å². The molecule has 3 rings (SSSR count). The summed E-state index contributed by atoms with van der Waals surface area (Å²) in [6.07, 6.45) is -0.471. The number of carbonyl (C=O) groups excluding carboxylic acids is 1. The summed E-state index contributed by atoms with van der Waals surface area (Å²) in [5, 5.41) is 0. The number of nitrogens with zero attached hydrogens (tertiary/aromatic N) is 1. The third kappa shape index (κ3) is 3.44. The number of morpholine rings is 1. The largest absolute Gasteiger partial charge is 0.370 e. The van der Waals surface area contributed by atoms with Gasteiger partial charge in [-0.3, -0.25) is 4.79 Å². The first-order valence-electron chi connectivity index (χ1n) is 7.73. The Balaban J connectivity index is 1.74. The van der Waals surface area contributed by atoms with Crippen molar-refractivity contribution in [2.45, 2.75) is 12.6 Å². The summed E-state index contributed by atoms with van der Waals surface area (Å²) in [7, 11) is 0. The van der Waals surface area contributed by atoms with E-state index in [9.17, 15) is 13.6 Å². The van der Waals surface area contributed by atoms with Crippen LogP contribution in [0.4, 0.5) is 8.78 Å². The van der Waals surface area contributed by atoms with Gasteiger partial charge >= 0.3 is 0 Å². The van der Waals surface area contributed by atoms with Crippen molar-refractivity contribution in [2.24, 2.45) is 5.73 Å². The van der Waals surface area contributed by atoms with Crippen LogP contribution < -0.4 is 5.73 Å². The standard InChI is InChI=1S/C18H18F2N2O2/c19-15-6-5-14(9-16(15)20)17-11-22(7-8-24-17)18(23)13-3-1-12(10-21)2-4-13/h1-6,9,17H,7-8,10-11,21H2/t17-/m1/s1. The van der Waals surface area contributed by atoms with Crippen molar-refractivity contribution in [2.75, 3.05) is 19.7 Å². The molecule has 0 saturated carbocycles. The molecule has 2 N–H and O–H groups in total. The minimum Gasteiger partial charge on any atom is -0.370 e. The number of nitrogens with two attached hydrogens (primary N) is 1. The molecular weight excluding hydrogens is 314 g/mol. The molecule has 1 aliphatic rings. The van der Waals surface area contributed by atoms with Crippen LogP contribution in [0.3, 0.4) is 0 Å². The smallest absolute Gasteiger partial charge is 0.254 e. The van der Waals surface area contributed by atoms with Gasteiger partial charge in [-0.25, -0.2) is 8.78 Å². The van der Waals surface area contributed by atoms with Gasteiger partial charge in [-0.15, -0.1) is 0 Å². The van der Waals surface area contributed by atoms with Crippen LogP contribution in [-0.4, -0.2) is 30.5 Å². The van der Waals surface area contributed by atoms with Crippen molar-refractivity contribution in [3.8, 4) is 0 Å². The second kappa shape index (κ2) is 7.07. The molecule has 24 heavy (non-hydrogen) atoms. The van der Waals surface area contributed by atoms with Crippen LogP contribution in [0.5, 0.6) is 0 Å². The molecule has 1 heterocycles. The molecule has 1 amide bonds. The lowest BCUT2D eigenvalue weighted by Crippen LogP contribution is -2.42. The number of rotatable bonds is 3. The number of hydrogen-bond donors (Lipinski definition) is 1. The quantitative estimate of drug-likeness (QED) is 0.940. The fourth-order valence-corrected chi connectivity index (χ4v) is 2.71. The van der Waals surface area contributed by atoms with Crippen molar-refractivity contribution in [1.82, 2.24) is 4.90 Å². The molecule has 2 aromatic rings. The number of ether oxygens (including phenoxy) is 1. The van der Waals surface area contributed by atoms with E-state index in [2.05, 4.69) is 0 Å². The Morgan fingerprint density at radius 1 is 1.17 bits per heavy atom. The lowest BCUT2D eigenvalue weighted by atomic mass is 10.1. The normalized spacial score (nSPS) is 17.8. The molecule has 0 spiro atoms. The Hall–Kier alpha value is -2.31. The summed E-state index contributed by atoms with van der Waals surface area (Å²) in [5.41, 5.74) is 7.59. The highest BCUT2D eigenvalue weighted by atomic mass is 19.2. The van der Waals surface area contributed by atoms with Crippen LogP contribution in [0, 0.1) is 11.6 Å². The molecule has 0 aromatic heterocycles. The van der Waals surface area contributed by atoms with Crippen LogP contribution in [0.1, 0.15) is 27.6 Å². The van der Waals surface area contributed by atoms with Crippen molar-refractivity contribution >= 4 is 5.91 Å². The SMILES string of the molecule is NCc1ccc(C(=O)N2CCO[C@@H](c3ccc(F)c(F)c3)C2)cc1. The third-order valence-electron chi connectivity index (χ3n) is 4.11. The maximum absolute atomic E-state index is 13.4. The van der Waals surface area contributed by atoms with Crippen LogP contribution >= 0.6 is 0 Å². The van der Waals surface area contributed by atoms with E-state index in [1.807, 2.05) is 12.1 Å². The Labute approximate surface area is 138 Å². The minimum absolute atomic E-state index is 0.116. The molecule has 0 bridgehead atoms. The maximum atomic E-state index is 13.4. The Bertz CT molecular complexity index is 734. The minimum atomic E-state index is -0.920. The average molecular weight is 332 g/mol.